The van der Waals surface area contributed by atoms with Crippen LogP contribution in [0.5, 0.6) is 0 Å². The van der Waals surface area contributed by atoms with Crippen LogP contribution in [-0.4, -0.2) is 118 Å². The second-order valence-corrected chi connectivity index (χ2v) is 16.6. The van der Waals surface area contributed by atoms with E-state index in [-0.39, 0.29) is 61.4 Å². The van der Waals surface area contributed by atoms with Crippen LogP contribution in [0, 0.1) is 0 Å². The van der Waals surface area contributed by atoms with Gasteiger partial charge in [0, 0.05) is 85.6 Å². The number of halogens is 6. The summed E-state index contributed by atoms with van der Waals surface area (Å²) in [6.07, 6.45) is 8.38. The fourth-order valence-corrected chi connectivity index (χ4v) is 8.31. The number of carbonyl (C=O) groups is 2. The fraction of sp³-hybridized carbons (Fsp3) is 0.476. The van der Waals surface area contributed by atoms with Crippen LogP contribution >= 0.6 is 72.8 Å². The van der Waals surface area contributed by atoms with Crippen molar-refractivity contribution in [1.29, 1.82) is 0 Å². The summed E-state index contributed by atoms with van der Waals surface area (Å²) in [5.41, 5.74) is 16.8. The van der Waals surface area contributed by atoms with Crippen LogP contribution in [0.1, 0.15) is 48.9 Å². The van der Waals surface area contributed by atoms with E-state index < -0.39 is 12.1 Å². The van der Waals surface area contributed by atoms with E-state index in [0.29, 0.717) is 61.1 Å². The molecule has 2 aromatic heterocycles. The monoisotopic (exact) mass is 972 g/mol. The quantitative estimate of drug-likeness (QED) is 0.166. The molecular formula is C42H58Cl6N12O2. The lowest BCUT2D eigenvalue weighted by Gasteiger charge is -2.38. The maximum Gasteiger partial charge on any atom is 0.239 e. The van der Waals surface area contributed by atoms with Crippen molar-refractivity contribution in [2.45, 2.75) is 76.5 Å². The molecule has 0 bridgehead atoms. The zero-order valence-corrected chi connectivity index (χ0v) is 39.7. The second kappa shape index (κ2) is 24.5. The Bertz CT molecular complexity index is 1890. The molecule has 4 aliphatic heterocycles. The number of benzene rings is 2. The molecule has 6 heterocycles. The maximum absolute atomic E-state index is 12.8. The summed E-state index contributed by atoms with van der Waals surface area (Å²) in [6.45, 7) is 9.93. The van der Waals surface area contributed by atoms with Gasteiger partial charge in [-0.15, -0.1) is 49.6 Å². The molecule has 0 unspecified atom stereocenters. The molecule has 0 radical (unpaired) electrons. The second-order valence-electron chi connectivity index (χ2n) is 15.7. The van der Waals surface area contributed by atoms with Gasteiger partial charge in [-0.1, -0.05) is 47.5 Å². The van der Waals surface area contributed by atoms with E-state index >= 15 is 0 Å². The van der Waals surface area contributed by atoms with Gasteiger partial charge in [-0.05, 0) is 87.8 Å². The van der Waals surface area contributed by atoms with Crippen LogP contribution in [0.2, 0.25) is 10.0 Å². The first kappa shape index (κ1) is 52.7. The minimum Gasteiger partial charge on any atom is -0.367 e. The summed E-state index contributed by atoms with van der Waals surface area (Å²) in [4.78, 5) is 51.7. The number of nitrogens with one attached hydrogen (secondary N) is 2. The Hall–Kier alpha value is -3.60. The Balaban J connectivity index is 0.000000310. The molecule has 8 rings (SSSR count). The Morgan fingerprint density at radius 3 is 1.27 bits per heavy atom. The zero-order valence-electron chi connectivity index (χ0n) is 34.9. The van der Waals surface area contributed by atoms with Crippen molar-refractivity contribution in [1.82, 2.24) is 29.7 Å². The number of hydrogen-bond acceptors (Lipinski definition) is 12. The molecule has 4 aliphatic rings. The van der Waals surface area contributed by atoms with Gasteiger partial charge in [0.25, 0.3) is 0 Å². The van der Waals surface area contributed by atoms with Crippen molar-refractivity contribution < 1.29 is 9.59 Å². The van der Waals surface area contributed by atoms with Gasteiger partial charge >= 0.3 is 0 Å². The molecule has 14 nitrogen and oxygen atoms in total. The highest BCUT2D eigenvalue weighted by Gasteiger charge is 2.30. The summed E-state index contributed by atoms with van der Waals surface area (Å²) in [7, 11) is 0. The van der Waals surface area contributed by atoms with Crippen LogP contribution in [0.25, 0.3) is 0 Å². The Morgan fingerprint density at radius 1 is 0.597 bits per heavy atom. The number of carbonyl (C=O) groups excluding carboxylic acids is 2. The van der Waals surface area contributed by atoms with Gasteiger partial charge < -0.3 is 41.7 Å². The van der Waals surface area contributed by atoms with Crippen LogP contribution < -0.4 is 31.9 Å². The molecular weight excluding hydrogens is 917 g/mol. The lowest BCUT2D eigenvalue weighted by Crippen LogP contribution is -2.54. The molecule has 4 atom stereocenters. The van der Waals surface area contributed by atoms with E-state index in [0.717, 1.165) is 86.3 Å². The molecule has 0 aliphatic carbocycles. The fourth-order valence-electron chi connectivity index (χ4n) is 8.06. The van der Waals surface area contributed by atoms with Crippen LogP contribution in [-0.2, 0) is 35.3 Å². The summed E-state index contributed by atoms with van der Waals surface area (Å²) >= 11 is 11.8. The predicted molar refractivity (Wildman–Crippen MR) is 260 cm³/mol. The topological polar surface area (TPSA) is 175 Å². The molecule has 20 heteroatoms. The average molecular weight is 976 g/mol. The Kier molecular flexibility index (Phi) is 20.8. The first-order valence-corrected chi connectivity index (χ1v) is 21.1. The number of aromatic nitrogens is 4. The van der Waals surface area contributed by atoms with Crippen LogP contribution in [0.15, 0.2) is 61.2 Å². The molecule has 0 spiro atoms. The van der Waals surface area contributed by atoms with Crippen molar-refractivity contribution in [2.24, 2.45) is 11.5 Å². The van der Waals surface area contributed by atoms with Crippen molar-refractivity contribution in [3.8, 4) is 0 Å². The van der Waals surface area contributed by atoms with E-state index in [1.165, 1.54) is 11.1 Å². The first-order valence-electron chi connectivity index (χ1n) is 20.3. The minimum absolute atomic E-state index is 0. The Labute approximate surface area is 399 Å². The number of anilines is 4. The number of amides is 2. The average Bonchev–Trinajstić information content (AvgIpc) is 3.24. The van der Waals surface area contributed by atoms with E-state index in [2.05, 4.69) is 54.2 Å². The minimum atomic E-state index is -0.541. The highest BCUT2D eigenvalue weighted by atomic mass is 35.5. The number of hydrogen-bond donors (Lipinski definition) is 4. The number of nitrogens with zero attached hydrogens (tertiary/aromatic N) is 8. The molecule has 0 saturated carbocycles. The van der Waals surface area contributed by atoms with Crippen molar-refractivity contribution in [3.05, 3.63) is 93.5 Å². The van der Waals surface area contributed by atoms with E-state index in [1.807, 2.05) is 58.3 Å². The third-order valence-electron chi connectivity index (χ3n) is 11.4. The molecule has 62 heavy (non-hydrogen) atoms. The van der Waals surface area contributed by atoms with Crippen molar-refractivity contribution in [3.63, 3.8) is 0 Å². The largest absolute Gasteiger partial charge is 0.367 e. The molecule has 2 amide bonds. The summed E-state index contributed by atoms with van der Waals surface area (Å²) in [6, 6.07) is 14.7. The van der Waals surface area contributed by atoms with Gasteiger partial charge in [0.05, 0.1) is 12.1 Å². The standard InChI is InChI=1S/2C21H27ClN6O.4ClH/c2*1-14-2-7-17-19(26-14)24-13-25-20(17)27-8-10-28(11-9-27)21(29)18(23)12-15-3-5-16(22)6-4-15;;;;/h2*3-6,13-14,18H,2,7-12,23H2,1H3,(H,24,25,26);4*1H/t14-,18+;14-,18-;;;;/m01..../s1. The van der Waals surface area contributed by atoms with Crippen LogP contribution in [0.4, 0.5) is 23.3 Å². The summed E-state index contributed by atoms with van der Waals surface area (Å²) < 4.78 is 0. The van der Waals surface area contributed by atoms with Crippen LogP contribution in [0.3, 0.4) is 0 Å². The van der Waals surface area contributed by atoms with Crippen molar-refractivity contribution >= 4 is 108 Å². The van der Waals surface area contributed by atoms with E-state index in [9.17, 15) is 9.59 Å². The number of nitrogens with two attached hydrogens (primary N) is 2. The number of piperazine rings is 2. The highest BCUT2D eigenvalue weighted by molar-refractivity contribution is 6.30. The lowest BCUT2D eigenvalue weighted by molar-refractivity contribution is -0.133. The summed E-state index contributed by atoms with van der Waals surface area (Å²) in [5.74, 6) is 3.87. The predicted octanol–water partition coefficient (Wildman–Crippen LogP) is 5.88. The molecule has 4 aromatic rings. The van der Waals surface area contributed by atoms with Crippen molar-refractivity contribution in [2.75, 3.05) is 72.8 Å². The molecule has 2 aromatic carbocycles. The smallest absolute Gasteiger partial charge is 0.239 e. The summed E-state index contributed by atoms with van der Waals surface area (Å²) in [5, 5.41) is 8.25. The SMILES string of the molecule is C[C@@H]1CCc2c(ncnc2N2CCN(C(=O)[C@H](N)Cc3ccc(Cl)cc3)CC2)N1.C[C@H]1CCc2c(ncnc2N2CCN(C(=O)[C@H](N)Cc3ccc(Cl)cc3)CC2)N1.Cl.Cl.Cl.Cl. The van der Waals surface area contributed by atoms with Gasteiger partial charge in [-0.2, -0.15) is 0 Å². The normalized spacial score (nSPS) is 18.7. The molecule has 340 valence electrons. The molecule has 2 fully saturated rings. The highest BCUT2D eigenvalue weighted by Crippen LogP contribution is 2.32. The molecule has 6 N–H and O–H groups in total. The van der Waals surface area contributed by atoms with Gasteiger partial charge in [-0.25, -0.2) is 19.9 Å². The van der Waals surface area contributed by atoms with E-state index in [1.54, 1.807) is 12.7 Å². The third-order valence-corrected chi connectivity index (χ3v) is 11.9. The number of fused-ring (bicyclic) bond motifs is 2. The van der Waals surface area contributed by atoms with Gasteiger partial charge in [0.1, 0.15) is 35.9 Å². The number of rotatable bonds is 8. The maximum atomic E-state index is 12.8. The lowest BCUT2D eigenvalue weighted by atomic mass is 10.0. The van der Waals surface area contributed by atoms with Gasteiger partial charge in [0.2, 0.25) is 11.8 Å². The zero-order chi connectivity index (χ0) is 40.8. The van der Waals surface area contributed by atoms with Gasteiger partial charge in [-0.3, -0.25) is 9.59 Å². The van der Waals surface area contributed by atoms with Gasteiger partial charge in [0.15, 0.2) is 0 Å². The Morgan fingerprint density at radius 2 is 0.935 bits per heavy atom. The molecule has 2 saturated heterocycles. The first-order chi connectivity index (χ1) is 28.0. The van der Waals surface area contributed by atoms with E-state index in [4.69, 9.17) is 34.7 Å². The third kappa shape index (κ3) is 13.2.